The predicted molar refractivity (Wildman–Crippen MR) is 61.2 cm³/mol. The van der Waals surface area contributed by atoms with Crippen LogP contribution < -0.4 is 11.1 Å². The summed E-state index contributed by atoms with van der Waals surface area (Å²) >= 11 is 0. The van der Waals surface area contributed by atoms with Crippen LogP contribution >= 0.6 is 0 Å². The number of anilines is 2. The van der Waals surface area contributed by atoms with Crippen molar-refractivity contribution >= 4 is 17.2 Å². The number of nitrogen functional groups attached to an aromatic ring is 1. The van der Waals surface area contributed by atoms with Crippen LogP contribution in [-0.2, 0) is 6.54 Å². The fourth-order valence-corrected chi connectivity index (χ4v) is 1.33. The van der Waals surface area contributed by atoms with E-state index in [2.05, 4.69) is 20.5 Å². The zero-order valence-electron chi connectivity index (χ0n) is 8.75. The minimum atomic E-state index is -0.492. The minimum absolute atomic E-state index is 0.0745. The molecule has 88 valence electrons. The van der Waals surface area contributed by atoms with Gasteiger partial charge >= 0.3 is 5.69 Å². The molecule has 0 saturated heterocycles. The van der Waals surface area contributed by atoms with Gasteiger partial charge in [-0.2, -0.15) is 5.10 Å². The number of nitrogens with zero attached hydrogens (tertiary/aromatic N) is 3. The highest BCUT2D eigenvalue weighted by atomic mass is 16.6. The molecule has 0 unspecified atom stereocenters. The normalized spacial score (nSPS) is 10.1. The number of aromatic amines is 1. The molecule has 17 heavy (non-hydrogen) atoms. The van der Waals surface area contributed by atoms with E-state index in [-0.39, 0.29) is 5.69 Å². The second-order valence-corrected chi connectivity index (χ2v) is 3.31. The summed E-state index contributed by atoms with van der Waals surface area (Å²) in [5.41, 5.74) is 6.66. The maximum atomic E-state index is 10.7. The van der Waals surface area contributed by atoms with E-state index in [1.54, 1.807) is 6.20 Å². The lowest BCUT2D eigenvalue weighted by molar-refractivity contribution is -0.384. The molecule has 0 aliphatic carbocycles. The first-order valence-corrected chi connectivity index (χ1v) is 4.78. The monoisotopic (exact) mass is 234 g/mol. The fourth-order valence-electron chi connectivity index (χ4n) is 1.33. The summed E-state index contributed by atoms with van der Waals surface area (Å²) in [7, 11) is 0. The van der Waals surface area contributed by atoms with Crippen LogP contribution in [0, 0.1) is 10.1 Å². The molecule has 2 aromatic heterocycles. The highest BCUT2D eigenvalue weighted by molar-refractivity contribution is 5.60. The van der Waals surface area contributed by atoms with Crippen LogP contribution in [0.4, 0.5) is 17.2 Å². The van der Waals surface area contributed by atoms with Crippen LogP contribution in [0.5, 0.6) is 0 Å². The van der Waals surface area contributed by atoms with Gasteiger partial charge in [-0.25, -0.2) is 0 Å². The molecule has 2 heterocycles. The van der Waals surface area contributed by atoms with Crippen LogP contribution in [0.2, 0.25) is 0 Å². The third-order valence-electron chi connectivity index (χ3n) is 2.22. The van der Waals surface area contributed by atoms with Crippen molar-refractivity contribution in [3.63, 3.8) is 0 Å². The minimum Gasteiger partial charge on any atom is -0.384 e. The molecule has 0 fully saturated rings. The first kappa shape index (κ1) is 10.9. The summed E-state index contributed by atoms with van der Waals surface area (Å²) in [4.78, 5) is 13.9. The SMILES string of the molecule is Nc1[nH]ncc1CNc1ccncc1[N+](=O)[O-]. The number of H-pyrrole nitrogens is 1. The average Bonchev–Trinajstić information content (AvgIpc) is 2.72. The number of pyridine rings is 1. The fraction of sp³-hybridized carbons (Fsp3) is 0.111. The van der Waals surface area contributed by atoms with Gasteiger partial charge in [0.05, 0.1) is 11.1 Å². The molecular formula is C9H10N6O2. The summed E-state index contributed by atoms with van der Waals surface area (Å²) in [6, 6.07) is 1.54. The number of nitro groups is 1. The molecule has 2 rings (SSSR count). The number of nitrogens with one attached hydrogen (secondary N) is 2. The van der Waals surface area contributed by atoms with E-state index in [4.69, 9.17) is 5.73 Å². The van der Waals surface area contributed by atoms with Crippen LogP contribution in [0.1, 0.15) is 5.56 Å². The van der Waals surface area contributed by atoms with Crippen molar-refractivity contribution in [3.05, 3.63) is 40.3 Å². The van der Waals surface area contributed by atoms with Crippen molar-refractivity contribution in [3.8, 4) is 0 Å². The molecule has 4 N–H and O–H groups in total. The van der Waals surface area contributed by atoms with Crippen LogP contribution in [0.3, 0.4) is 0 Å². The lowest BCUT2D eigenvalue weighted by Gasteiger charge is -2.05. The number of hydrogen-bond donors (Lipinski definition) is 3. The smallest absolute Gasteiger partial charge is 0.310 e. The van der Waals surface area contributed by atoms with E-state index in [0.29, 0.717) is 18.1 Å². The molecule has 0 saturated carbocycles. The highest BCUT2D eigenvalue weighted by Gasteiger charge is 2.13. The Bertz CT molecular complexity index is 538. The van der Waals surface area contributed by atoms with E-state index in [0.717, 1.165) is 5.56 Å². The summed E-state index contributed by atoms with van der Waals surface area (Å²) in [6.45, 7) is 0.354. The molecule has 0 radical (unpaired) electrons. The van der Waals surface area contributed by atoms with Gasteiger partial charge in [0.25, 0.3) is 0 Å². The topological polar surface area (TPSA) is 123 Å². The number of hydrogen-bond acceptors (Lipinski definition) is 6. The molecule has 0 aromatic carbocycles. The molecule has 8 nitrogen and oxygen atoms in total. The lowest BCUT2D eigenvalue weighted by Crippen LogP contribution is -2.04. The average molecular weight is 234 g/mol. The van der Waals surface area contributed by atoms with Crippen molar-refractivity contribution in [1.82, 2.24) is 15.2 Å². The van der Waals surface area contributed by atoms with E-state index in [1.165, 1.54) is 18.5 Å². The largest absolute Gasteiger partial charge is 0.384 e. The van der Waals surface area contributed by atoms with E-state index >= 15 is 0 Å². The van der Waals surface area contributed by atoms with Gasteiger partial charge in [-0.15, -0.1) is 0 Å². The number of nitrogens with two attached hydrogens (primary N) is 1. The zero-order chi connectivity index (χ0) is 12.3. The molecule has 2 aromatic rings. The molecule has 0 amide bonds. The Labute approximate surface area is 96.0 Å². The molecule has 0 atom stereocenters. The van der Waals surface area contributed by atoms with Crippen LogP contribution in [-0.4, -0.2) is 20.1 Å². The Morgan fingerprint density at radius 1 is 1.53 bits per heavy atom. The van der Waals surface area contributed by atoms with Gasteiger partial charge in [0.15, 0.2) is 0 Å². The molecule has 0 spiro atoms. The summed E-state index contributed by atoms with van der Waals surface area (Å²) in [5, 5.41) is 20.0. The van der Waals surface area contributed by atoms with Crippen LogP contribution in [0.25, 0.3) is 0 Å². The van der Waals surface area contributed by atoms with Gasteiger partial charge in [-0.1, -0.05) is 0 Å². The van der Waals surface area contributed by atoms with E-state index < -0.39 is 4.92 Å². The van der Waals surface area contributed by atoms with Gasteiger partial charge in [0.2, 0.25) is 0 Å². The van der Waals surface area contributed by atoms with Crippen molar-refractivity contribution in [2.75, 3.05) is 11.1 Å². The Balaban J connectivity index is 2.14. The van der Waals surface area contributed by atoms with Gasteiger partial charge in [0.1, 0.15) is 17.7 Å². The lowest BCUT2D eigenvalue weighted by atomic mass is 10.3. The number of aromatic nitrogens is 3. The van der Waals surface area contributed by atoms with Crippen molar-refractivity contribution in [2.45, 2.75) is 6.54 Å². The van der Waals surface area contributed by atoms with Crippen LogP contribution in [0.15, 0.2) is 24.7 Å². The van der Waals surface area contributed by atoms with Gasteiger partial charge in [-0.05, 0) is 6.07 Å². The quantitative estimate of drug-likeness (QED) is 0.533. The number of rotatable bonds is 4. The van der Waals surface area contributed by atoms with Gasteiger partial charge in [-0.3, -0.25) is 20.2 Å². The molecule has 0 aliphatic heterocycles. The second-order valence-electron chi connectivity index (χ2n) is 3.31. The van der Waals surface area contributed by atoms with Crippen molar-refractivity contribution in [2.24, 2.45) is 0 Å². The first-order chi connectivity index (χ1) is 8.18. The van der Waals surface area contributed by atoms with Crippen molar-refractivity contribution < 1.29 is 4.92 Å². The van der Waals surface area contributed by atoms with E-state index in [9.17, 15) is 10.1 Å². The van der Waals surface area contributed by atoms with Gasteiger partial charge in [0, 0.05) is 18.3 Å². The molecule has 0 bridgehead atoms. The maximum absolute atomic E-state index is 10.7. The third-order valence-corrected chi connectivity index (χ3v) is 2.22. The Hall–Kier alpha value is -2.64. The Kier molecular flexibility index (Phi) is 2.86. The maximum Gasteiger partial charge on any atom is 0.310 e. The molecular weight excluding hydrogens is 224 g/mol. The summed E-state index contributed by atoms with van der Waals surface area (Å²) in [6.07, 6.45) is 4.24. The first-order valence-electron chi connectivity index (χ1n) is 4.78. The predicted octanol–water partition coefficient (Wildman–Crippen LogP) is 0.907. The zero-order valence-corrected chi connectivity index (χ0v) is 8.75. The Morgan fingerprint density at radius 3 is 3.00 bits per heavy atom. The van der Waals surface area contributed by atoms with E-state index in [1.807, 2.05) is 0 Å². The Morgan fingerprint density at radius 2 is 2.35 bits per heavy atom. The second kappa shape index (κ2) is 4.47. The molecule has 8 heteroatoms. The molecule has 0 aliphatic rings. The highest BCUT2D eigenvalue weighted by Crippen LogP contribution is 2.22. The third kappa shape index (κ3) is 2.30. The standard InChI is InChI=1S/C9H10N6O2/c10-9-6(4-13-14-9)3-12-7-1-2-11-5-8(7)15(16)17/h1-2,4-5H,3H2,(H,11,12)(H3,10,13,14). The van der Waals surface area contributed by atoms with Gasteiger partial charge < -0.3 is 11.1 Å². The summed E-state index contributed by atoms with van der Waals surface area (Å²) < 4.78 is 0. The van der Waals surface area contributed by atoms with Crippen molar-refractivity contribution in [1.29, 1.82) is 0 Å². The summed E-state index contributed by atoms with van der Waals surface area (Å²) in [5.74, 6) is 0.439.